The minimum Gasteiger partial charge on any atom is -0.352 e. The molecular formula is C38H42BrN3O4S. The molecule has 5 rings (SSSR count). The van der Waals surface area contributed by atoms with Crippen LogP contribution in [0.5, 0.6) is 0 Å². The molecular weight excluding hydrogens is 674 g/mol. The largest absolute Gasteiger partial charge is 0.352 e. The summed E-state index contributed by atoms with van der Waals surface area (Å²) in [6.07, 6.45) is 5.35. The predicted octanol–water partition coefficient (Wildman–Crippen LogP) is 7.35. The van der Waals surface area contributed by atoms with Crippen LogP contribution in [0, 0.1) is 13.8 Å². The molecule has 1 fully saturated rings. The van der Waals surface area contributed by atoms with Crippen LogP contribution in [0.15, 0.2) is 112 Å². The van der Waals surface area contributed by atoms with Gasteiger partial charge in [-0.1, -0.05) is 114 Å². The summed E-state index contributed by atoms with van der Waals surface area (Å²) in [5.41, 5.74) is 3.78. The van der Waals surface area contributed by atoms with Gasteiger partial charge in [0.1, 0.15) is 12.6 Å². The Kier molecular flexibility index (Phi) is 11.5. The van der Waals surface area contributed by atoms with Crippen LogP contribution in [0.1, 0.15) is 54.4 Å². The summed E-state index contributed by atoms with van der Waals surface area (Å²) in [5, 5.41) is 3.25. The van der Waals surface area contributed by atoms with Gasteiger partial charge in [-0.2, -0.15) is 0 Å². The molecule has 0 aliphatic heterocycles. The number of amides is 2. The summed E-state index contributed by atoms with van der Waals surface area (Å²) in [7, 11) is -4.15. The Balaban J connectivity index is 1.57. The zero-order chi connectivity index (χ0) is 33.4. The number of sulfonamides is 1. The first-order valence-electron chi connectivity index (χ1n) is 16.1. The molecule has 1 aliphatic rings. The number of carbonyl (C=O) groups excluding carboxylic acids is 2. The van der Waals surface area contributed by atoms with E-state index in [1.807, 2.05) is 80.6 Å². The second-order valence-electron chi connectivity index (χ2n) is 12.3. The molecule has 2 amide bonds. The number of benzene rings is 4. The lowest BCUT2D eigenvalue weighted by atomic mass is 9.94. The standard InChI is InChI=1S/C38H42BrN3O4S/c1-28-20-22-34(23-21-28)47(45,46)42(35-19-10-9-12-29(35)2)27-37(43)41(26-31-15-11-16-32(39)24-31)36(25-30-13-5-3-6-14-30)38(44)40-33-17-7-4-8-18-33/h3,5-6,9-16,19-24,33,36H,4,7-8,17-18,25-27H2,1-2H3,(H,40,44)/t36-/m0/s1. The van der Waals surface area contributed by atoms with Crippen molar-refractivity contribution >= 4 is 43.5 Å². The summed E-state index contributed by atoms with van der Waals surface area (Å²) in [6, 6.07) is 30.2. The quantitative estimate of drug-likeness (QED) is 0.166. The van der Waals surface area contributed by atoms with Gasteiger partial charge in [-0.05, 0) is 73.7 Å². The zero-order valence-electron chi connectivity index (χ0n) is 26.9. The van der Waals surface area contributed by atoms with Gasteiger partial charge in [0.15, 0.2) is 0 Å². The molecule has 0 spiro atoms. The van der Waals surface area contributed by atoms with Crippen LogP contribution in [0.4, 0.5) is 5.69 Å². The number of carbonyl (C=O) groups is 2. The topological polar surface area (TPSA) is 86.8 Å². The van der Waals surface area contributed by atoms with Crippen molar-refractivity contribution in [2.24, 2.45) is 0 Å². The van der Waals surface area contributed by atoms with Crippen LogP contribution in [0.2, 0.25) is 0 Å². The third-order valence-corrected chi connectivity index (χ3v) is 11.0. The van der Waals surface area contributed by atoms with Gasteiger partial charge in [0.25, 0.3) is 10.0 Å². The van der Waals surface area contributed by atoms with Crippen molar-refractivity contribution < 1.29 is 18.0 Å². The summed E-state index contributed by atoms with van der Waals surface area (Å²) in [5.74, 6) is -0.698. The third kappa shape index (κ3) is 8.90. The Hall–Kier alpha value is -3.95. The van der Waals surface area contributed by atoms with Crippen LogP contribution in [0.3, 0.4) is 0 Å². The molecule has 0 unspecified atom stereocenters. The molecule has 0 bridgehead atoms. The molecule has 4 aromatic rings. The minimum atomic E-state index is -4.15. The molecule has 246 valence electrons. The van der Waals surface area contributed by atoms with E-state index in [2.05, 4.69) is 21.2 Å². The Morgan fingerprint density at radius 1 is 0.830 bits per heavy atom. The number of nitrogens with one attached hydrogen (secondary N) is 1. The van der Waals surface area contributed by atoms with E-state index < -0.39 is 28.5 Å². The second-order valence-corrected chi connectivity index (χ2v) is 15.1. The summed E-state index contributed by atoms with van der Waals surface area (Å²) in [6.45, 7) is 3.37. The number of halogens is 1. The fraction of sp³-hybridized carbons (Fsp3) is 0.316. The van der Waals surface area contributed by atoms with E-state index in [-0.39, 0.29) is 29.8 Å². The minimum absolute atomic E-state index is 0.0442. The van der Waals surface area contributed by atoms with Gasteiger partial charge in [-0.15, -0.1) is 0 Å². The number of aryl methyl sites for hydroxylation is 2. The van der Waals surface area contributed by atoms with Crippen molar-refractivity contribution in [2.45, 2.75) is 75.9 Å². The van der Waals surface area contributed by atoms with Crippen molar-refractivity contribution in [3.8, 4) is 0 Å². The van der Waals surface area contributed by atoms with E-state index in [4.69, 9.17) is 0 Å². The lowest BCUT2D eigenvalue weighted by molar-refractivity contribution is -0.140. The van der Waals surface area contributed by atoms with Gasteiger partial charge in [0.05, 0.1) is 10.6 Å². The average molecular weight is 717 g/mol. The van der Waals surface area contributed by atoms with Gasteiger partial charge in [-0.3, -0.25) is 13.9 Å². The van der Waals surface area contributed by atoms with E-state index in [1.54, 1.807) is 41.3 Å². The molecule has 1 N–H and O–H groups in total. The number of hydrogen-bond donors (Lipinski definition) is 1. The maximum absolute atomic E-state index is 14.7. The predicted molar refractivity (Wildman–Crippen MR) is 191 cm³/mol. The molecule has 0 aromatic heterocycles. The summed E-state index contributed by atoms with van der Waals surface area (Å²) < 4.78 is 30.6. The Bertz CT molecular complexity index is 1770. The number of rotatable bonds is 12. The fourth-order valence-electron chi connectivity index (χ4n) is 6.12. The lowest BCUT2D eigenvalue weighted by Gasteiger charge is -2.35. The molecule has 0 heterocycles. The smallest absolute Gasteiger partial charge is 0.264 e. The molecule has 1 atom stereocenters. The number of para-hydroxylation sites is 1. The normalized spacial score (nSPS) is 14.3. The van der Waals surface area contributed by atoms with Gasteiger partial charge >= 0.3 is 0 Å². The van der Waals surface area contributed by atoms with E-state index in [0.717, 1.165) is 53.3 Å². The Morgan fingerprint density at radius 3 is 2.17 bits per heavy atom. The first-order valence-corrected chi connectivity index (χ1v) is 18.4. The third-order valence-electron chi connectivity index (χ3n) is 8.74. The average Bonchev–Trinajstić information content (AvgIpc) is 3.06. The first kappa shape index (κ1) is 34.4. The lowest BCUT2D eigenvalue weighted by Crippen LogP contribution is -2.55. The molecule has 0 saturated heterocycles. The molecule has 47 heavy (non-hydrogen) atoms. The maximum atomic E-state index is 14.7. The highest BCUT2D eigenvalue weighted by Crippen LogP contribution is 2.28. The Morgan fingerprint density at radius 2 is 1.49 bits per heavy atom. The van der Waals surface area contributed by atoms with E-state index >= 15 is 0 Å². The SMILES string of the molecule is Cc1ccc(S(=O)(=O)N(CC(=O)N(Cc2cccc(Br)c2)[C@@H](Cc2ccccc2)C(=O)NC2CCCCC2)c2ccccc2C)cc1. The van der Waals surface area contributed by atoms with Crippen molar-refractivity contribution in [3.05, 3.63) is 130 Å². The highest BCUT2D eigenvalue weighted by molar-refractivity contribution is 9.10. The molecule has 0 radical (unpaired) electrons. The molecule has 4 aromatic carbocycles. The van der Waals surface area contributed by atoms with Gasteiger partial charge in [0, 0.05) is 23.5 Å². The second kappa shape index (κ2) is 15.8. The molecule has 9 heteroatoms. The highest BCUT2D eigenvalue weighted by atomic mass is 79.9. The summed E-state index contributed by atoms with van der Waals surface area (Å²) >= 11 is 3.54. The Labute approximate surface area is 287 Å². The van der Waals surface area contributed by atoms with E-state index in [9.17, 15) is 18.0 Å². The maximum Gasteiger partial charge on any atom is 0.264 e. The fourth-order valence-corrected chi connectivity index (χ4v) is 8.05. The molecule has 1 saturated carbocycles. The summed E-state index contributed by atoms with van der Waals surface area (Å²) in [4.78, 5) is 30.6. The monoisotopic (exact) mass is 715 g/mol. The number of anilines is 1. The molecule has 7 nitrogen and oxygen atoms in total. The first-order chi connectivity index (χ1) is 22.6. The zero-order valence-corrected chi connectivity index (χ0v) is 29.3. The van der Waals surface area contributed by atoms with Gasteiger partial charge in [-0.25, -0.2) is 8.42 Å². The van der Waals surface area contributed by atoms with E-state index in [1.165, 1.54) is 4.31 Å². The van der Waals surface area contributed by atoms with E-state index in [0.29, 0.717) is 11.3 Å². The van der Waals surface area contributed by atoms with Crippen molar-refractivity contribution in [2.75, 3.05) is 10.8 Å². The van der Waals surface area contributed by atoms with Crippen molar-refractivity contribution in [1.29, 1.82) is 0 Å². The molecule has 1 aliphatic carbocycles. The van der Waals surface area contributed by atoms with Gasteiger partial charge in [0.2, 0.25) is 11.8 Å². The van der Waals surface area contributed by atoms with Crippen LogP contribution in [0.25, 0.3) is 0 Å². The van der Waals surface area contributed by atoms with Crippen molar-refractivity contribution in [3.63, 3.8) is 0 Å². The van der Waals surface area contributed by atoms with Crippen LogP contribution in [-0.4, -0.2) is 43.8 Å². The number of hydrogen-bond acceptors (Lipinski definition) is 4. The van der Waals surface area contributed by atoms with Gasteiger partial charge < -0.3 is 10.2 Å². The highest BCUT2D eigenvalue weighted by Gasteiger charge is 2.35. The number of nitrogens with zero attached hydrogens (tertiary/aromatic N) is 2. The van der Waals surface area contributed by atoms with Crippen LogP contribution in [-0.2, 0) is 32.6 Å². The van der Waals surface area contributed by atoms with Crippen LogP contribution < -0.4 is 9.62 Å². The van der Waals surface area contributed by atoms with Crippen LogP contribution >= 0.6 is 15.9 Å². The van der Waals surface area contributed by atoms with Crippen molar-refractivity contribution in [1.82, 2.24) is 10.2 Å².